The van der Waals surface area contributed by atoms with Gasteiger partial charge in [0.1, 0.15) is 6.54 Å². The Morgan fingerprint density at radius 2 is 1.78 bits per heavy atom. The topological polar surface area (TPSA) is 77.1 Å². The van der Waals surface area contributed by atoms with Crippen LogP contribution in [0.5, 0.6) is 17.2 Å². The molecule has 0 fully saturated rings. The van der Waals surface area contributed by atoms with Crippen LogP contribution in [0.1, 0.15) is 32.4 Å². The minimum absolute atomic E-state index is 0.0915. The number of aryl methyl sites for hydroxylation is 1. The van der Waals surface area contributed by atoms with E-state index in [1.165, 1.54) is 21.3 Å². The molecular weight excluding hydrogens is 428 g/mol. The molecule has 8 heteroatoms. The molecule has 0 bridgehead atoms. The van der Waals surface area contributed by atoms with Gasteiger partial charge >= 0.3 is 0 Å². The molecule has 1 aliphatic heterocycles. The molecule has 166 valence electrons. The molecule has 32 heavy (non-hydrogen) atoms. The second-order valence-corrected chi connectivity index (χ2v) is 8.38. The van der Waals surface area contributed by atoms with Crippen molar-refractivity contribution in [2.75, 3.05) is 33.2 Å². The standard InChI is InChI=1S/C24H24N2O5S/c1-14-7-8-17-16(10-14)22(20-6-5-9-32-20)26(13-21(27)25-17)24(28)15-11-18(29-2)23(31-4)19(12-15)30-3/h5-12,22H,13H2,1-4H3,(H,25,27). The second kappa shape index (κ2) is 8.92. The fraction of sp³-hybridized carbons (Fsp3) is 0.250. The third kappa shape index (κ3) is 3.89. The Hall–Kier alpha value is -3.52. The van der Waals surface area contributed by atoms with Gasteiger partial charge in [0.25, 0.3) is 5.91 Å². The first-order valence-electron chi connectivity index (χ1n) is 10.0. The van der Waals surface area contributed by atoms with E-state index in [2.05, 4.69) is 5.32 Å². The molecule has 1 unspecified atom stereocenters. The van der Waals surface area contributed by atoms with Crippen LogP contribution in [0.3, 0.4) is 0 Å². The number of benzene rings is 2. The predicted octanol–water partition coefficient (Wildman–Crippen LogP) is 4.27. The zero-order chi connectivity index (χ0) is 22.8. The summed E-state index contributed by atoms with van der Waals surface area (Å²) in [6.45, 7) is 1.90. The maximum absolute atomic E-state index is 13.8. The lowest BCUT2D eigenvalue weighted by atomic mass is 9.99. The third-order valence-electron chi connectivity index (χ3n) is 5.39. The SMILES string of the molecule is COc1cc(C(=O)N2CC(=O)Nc3ccc(C)cc3C2c2cccs2)cc(OC)c1OC. The van der Waals surface area contributed by atoms with E-state index in [9.17, 15) is 9.59 Å². The Morgan fingerprint density at radius 3 is 2.38 bits per heavy atom. The van der Waals surface area contributed by atoms with E-state index < -0.39 is 6.04 Å². The number of carbonyl (C=O) groups excluding carboxylic acids is 2. The molecule has 0 saturated heterocycles. The lowest BCUT2D eigenvalue weighted by Crippen LogP contribution is -2.38. The van der Waals surface area contributed by atoms with Gasteiger partial charge in [-0.1, -0.05) is 23.8 Å². The summed E-state index contributed by atoms with van der Waals surface area (Å²) in [5.41, 5.74) is 2.96. The van der Waals surface area contributed by atoms with Crippen molar-refractivity contribution in [1.29, 1.82) is 0 Å². The molecule has 2 amide bonds. The maximum atomic E-state index is 13.8. The van der Waals surface area contributed by atoms with E-state index in [4.69, 9.17) is 14.2 Å². The van der Waals surface area contributed by atoms with Crippen LogP contribution in [-0.4, -0.2) is 44.6 Å². The Morgan fingerprint density at radius 1 is 1.06 bits per heavy atom. The normalized spacial score (nSPS) is 15.4. The van der Waals surface area contributed by atoms with Gasteiger partial charge in [-0.05, 0) is 36.6 Å². The average Bonchev–Trinajstić information content (AvgIpc) is 3.28. The van der Waals surface area contributed by atoms with Crippen molar-refractivity contribution in [3.8, 4) is 17.2 Å². The van der Waals surface area contributed by atoms with Crippen molar-refractivity contribution in [1.82, 2.24) is 4.90 Å². The molecule has 7 nitrogen and oxygen atoms in total. The number of rotatable bonds is 5. The zero-order valence-corrected chi connectivity index (χ0v) is 19.1. The number of carbonyl (C=O) groups is 2. The Bertz CT molecular complexity index is 1130. The van der Waals surface area contributed by atoms with Gasteiger partial charge < -0.3 is 24.4 Å². The number of hydrogen-bond donors (Lipinski definition) is 1. The number of thiophene rings is 1. The van der Waals surface area contributed by atoms with Gasteiger partial charge in [0.05, 0.1) is 27.4 Å². The molecule has 3 aromatic rings. The molecule has 1 atom stereocenters. The highest BCUT2D eigenvalue weighted by Crippen LogP contribution is 2.41. The summed E-state index contributed by atoms with van der Waals surface area (Å²) < 4.78 is 16.2. The summed E-state index contributed by atoms with van der Waals surface area (Å²) >= 11 is 1.54. The van der Waals surface area contributed by atoms with E-state index in [0.29, 0.717) is 28.5 Å². The maximum Gasteiger partial charge on any atom is 0.255 e. The average molecular weight is 453 g/mol. The highest BCUT2D eigenvalue weighted by molar-refractivity contribution is 7.10. The van der Waals surface area contributed by atoms with Gasteiger partial charge in [-0.15, -0.1) is 11.3 Å². The Labute approximate surface area is 190 Å². The van der Waals surface area contributed by atoms with Crippen LogP contribution in [0.4, 0.5) is 5.69 Å². The first-order chi connectivity index (χ1) is 15.5. The molecule has 4 rings (SSSR count). The van der Waals surface area contributed by atoms with Gasteiger partial charge in [-0.25, -0.2) is 0 Å². The third-order valence-corrected chi connectivity index (χ3v) is 6.31. The zero-order valence-electron chi connectivity index (χ0n) is 18.3. The summed E-state index contributed by atoms with van der Waals surface area (Å²) in [6, 6.07) is 12.6. The monoisotopic (exact) mass is 452 g/mol. The molecule has 1 N–H and O–H groups in total. The molecule has 0 spiro atoms. The quantitative estimate of drug-likeness (QED) is 0.626. The molecular formula is C24H24N2O5S. The lowest BCUT2D eigenvalue weighted by molar-refractivity contribution is -0.117. The van der Waals surface area contributed by atoms with Gasteiger partial charge in [-0.2, -0.15) is 0 Å². The summed E-state index contributed by atoms with van der Waals surface area (Å²) in [4.78, 5) is 29.2. The predicted molar refractivity (Wildman–Crippen MR) is 123 cm³/mol. The van der Waals surface area contributed by atoms with Crippen LogP contribution >= 0.6 is 11.3 Å². The van der Waals surface area contributed by atoms with Crippen LogP contribution in [-0.2, 0) is 4.79 Å². The van der Waals surface area contributed by atoms with Crippen LogP contribution < -0.4 is 19.5 Å². The van der Waals surface area contributed by atoms with Crippen molar-refractivity contribution in [2.24, 2.45) is 0 Å². The van der Waals surface area contributed by atoms with Crippen molar-refractivity contribution >= 4 is 28.8 Å². The van der Waals surface area contributed by atoms with Crippen LogP contribution in [0.2, 0.25) is 0 Å². The number of fused-ring (bicyclic) bond motifs is 1. The van der Waals surface area contributed by atoms with Gasteiger partial charge in [-0.3, -0.25) is 9.59 Å². The minimum atomic E-state index is -0.421. The van der Waals surface area contributed by atoms with Gasteiger partial charge in [0.2, 0.25) is 11.7 Å². The number of methoxy groups -OCH3 is 3. The molecule has 1 aliphatic rings. The molecule has 2 aromatic carbocycles. The second-order valence-electron chi connectivity index (χ2n) is 7.40. The van der Waals surface area contributed by atoms with Gasteiger partial charge in [0.15, 0.2) is 11.5 Å². The molecule has 0 saturated carbocycles. The first-order valence-corrected chi connectivity index (χ1v) is 10.9. The molecule has 0 aliphatic carbocycles. The minimum Gasteiger partial charge on any atom is -0.493 e. The van der Waals surface area contributed by atoms with Crippen molar-refractivity contribution in [3.63, 3.8) is 0 Å². The fourth-order valence-electron chi connectivity index (χ4n) is 3.94. The largest absolute Gasteiger partial charge is 0.493 e. The number of ether oxygens (including phenoxy) is 3. The smallest absolute Gasteiger partial charge is 0.255 e. The van der Waals surface area contributed by atoms with Crippen LogP contribution in [0, 0.1) is 6.92 Å². The number of nitrogens with one attached hydrogen (secondary N) is 1. The number of amides is 2. The number of hydrogen-bond acceptors (Lipinski definition) is 6. The molecule has 2 heterocycles. The van der Waals surface area contributed by atoms with Crippen molar-refractivity contribution in [3.05, 3.63) is 69.4 Å². The highest BCUT2D eigenvalue weighted by atomic mass is 32.1. The van der Waals surface area contributed by atoms with Crippen molar-refractivity contribution in [2.45, 2.75) is 13.0 Å². The lowest BCUT2D eigenvalue weighted by Gasteiger charge is -2.30. The molecule has 1 aromatic heterocycles. The van der Waals surface area contributed by atoms with E-state index >= 15 is 0 Å². The summed E-state index contributed by atoms with van der Waals surface area (Å²) in [7, 11) is 4.50. The summed E-state index contributed by atoms with van der Waals surface area (Å²) in [5.74, 6) is 0.579. The summed E-state index contributed by atoms with van der Waals surface area (Å²) in [6.07, 6.45) is 0. The first kappa shape index (κ1) is 21.7. The Balaban J connectivity index is 1.87. The van der Waals surface area contributed by atoms with E-state index in [1.807, 2.05) is 42.6 Å². The van der Waals surface area contributed by atoms with Crippen molar-refractivity contribution < 1.29 is 23.8 Å². The Kier molecular flexibility index (Phi) is 6.05. The van der Waals surface area contributed by atoms with Gasteiger partial charge in [0, 0.05) is 21.7 Å². The summed E-state index contributed by atoms with van der Waals surface area (Å²) in [5, 5.41) is 4.91. The van der Waals surface area contributed by atoms with Crippen LogP contribution in [0.25, 0.3) is 0 Å². The number of anilines is 1. The number of nitrogens with zero attached hydrogens (tertiary/aromatic N) is 1. The molecule has 0 radical (unpaired) electrons. The van der Waals surface area contributed by atoms with E-state index in [-0.39, 0.29) is 18.4 Å². The highest BCUT2D eigenvalue weighted by Gasteiger charge is 2.35. The van der Waals surface area contributed by atoms with Crippen LogP contribution in [0.15, 0.2) is 47.8 Å². The van der Waals surface area contributed by atoms with E-state index in [1.54, 1.807) is 28.4 Å². The fourth-order valence-corrected chi connectivity index (χ4v) is 4.79. The van der Waals surface area contributed by atoms with E-state index in [0.717, 1.165) is 16.0 Å².